The summed E-state index contributed by atoms with van der Waals surface area (Å²) >= 11 is 0. The van der Waals surface area contributed by atoms with E-state index in [-0.39, 0.29) is 24.7 Å². The Labute approximate surface area is 141 Å². The van der Waals surface area contributed by atoms with Crippen LogP contribution in [0, 0.1) is 5.82 Å². The van der Waals surface area contributed by atoms with Crippen LogP contribution in [-0.2, 0) is 16.4 Å². The van der Waals surface area contributed by atoms with Gasteiger partial charge in [0.25, 0.3) is 0 Å². The summed E-state index contributed by atoms with van der Waals surface area (Å²) in [5.41, 5.74) is 0.935. The van der Waals surface area contributed by atoms with Crippen LogP contribution in [0.1, 0.15) is 5.56 Å². The Morgan fingerprint density at radius 3 is 2.50 bits per heavy atom. The average Bonchev–Trinajstić information content (AvgIpc) is 2.57. The number of halogens is 1. The predicted molar refractivity (Wildman–Crippen MR) is 90.4 cm³/mol. The van der Waals surface area contributed by atoms with Crippen LogP contribution in [0.15, 0.2) is 48.5 Å². The molecule has 2 aromatic rings. The molecule has 0 aliphatic rings. The second-order valence-electron chi connectivity index (χ2n) is 5.08. The summed E-state index contributed by atoms with van der Waals surface area (Å²) in [6, 6.07) is 12.9. The molecular weight excluding hydrogens is 333 g/mol. The topological polar surface area (TPSA) is 64.6 Å². The third-order valence-corrected chi connectivity index (χ3v) is 4.69. The first kappa shape index (κ1) is 18.2. The number of methoxy groups -OCH3 is 1. The van der Waals surface area contributed by atoms with E-state index in [1.807, 2.05) is 24.3 Å². The Morgan fingerprint density at radius 1 is 1.08 bits per heavy atom. The molecule has 130 valence electrons. The van der Waals surface area contributed by atoms with Crippen LogP contribution < -0.4 is 14.2 Å². The second-order valence-corrected chi connectivity index (χ2v) is 7.00. The summed E-state index contributed by atoms with van der Waals surface area (Å²) in [5, 5.41) is 0. The minimum Gasteiger partial charge on any atom is -0.496 e. The molecule has 0 saturated carbocycles. The predicted octanol–water partition coefficient (Wildman–Crippen LogP) is 2.38. The minimum atomic E-state index is -3.44. The Morgan fingerprint density at radius 2 is 1.79 bits per heavy atom. The summed E-state index contributed by atoms with van der Waals surface area (Å²) in [4.78, 5) is 0. The van der Waals surface area contributed by atoms with E-state index in [9.17, 15) is 12.8 Å². The molecule has 0 aliphatic carbocycles. The summed E-state index contributed by atoms with van der Waals surface area (Å²) in [5.74, 6) is 0.626. The van der Waals surface area contributed by atoms with Gasteiger partial charge in [0.05, 0.1) is 12.9 Å². The van der Waals surface area contributed by atoms with Gasteiger partial charge in [0.15, 0.2) is 0 Å². The van der Waals surface area contributed by atoms with Gasteiger partial charge >= 0.3 is 0 Å². The Hall–Kier alpha value is -2.12. The summed E-state index contributed by atoms with van der Waals surface area (Å²) in [6.45, 7) is 0.273. The lowest BCUT2D eigenvalue weighted by atomic mass is 10.1. The Kier molecular flexibility index (Phi) is 6.57. The van der Waals surface area contributed by atoms with Crippen molar-refractivity contribution in [3.63, 3.8) is 0 Å². The maximum absolute atomic E-state index is 12.8. The van der Waals surface area contributed by atoms with E-state index in [4.69, 9.17) is 9.47 Å². The van der Waals surface area contributed by atoms with Gasteiger partial charge in [0, 0.05) is 6.54 Å². The number of para-hydroxylation sites is 1. The van der Waals surface area contributed by atoms with E-state index in [2.05, 4.69) is 4.72 Å². The molecule has 0 atom stereocenters. The van der Waals surface area contributed by atoms with Crippen molar-refractivity contribution in [3.05, 3.63) is 59.9 Å². The quantitative estimate of drug-likeness (QED) is 0.752. The molecule has 2 rings (SSSR count). The molecule has 0 unspecified atom stereocenters. The smallest absolute Gasteiger partial charge is 0.214 e. The second kappa shape index (κ2) is 8.65. The third-order valence-electron chi connectivity index (χ3n) is 3.34. The fourth-order valence-electron chi connectivity index (χ4n) is 2.12. The molecule has 0 bridgehead atoms. The molecule has 0 aliphatic heterocycles. The van der Waals surface area contributed by atoms with Gasteiger partial charge < -0.3 is 9.47 Å². The number of sulfonamides is 1. The third kappa shape index (κ3) is 5.82. The SMILES string of the molecule is COc1ccccc1CCNS(=O)(=O)CCOc1ccc(F)cc1. The fraction of sp³-hybridized carbons (Fsp3) is 0.294. The van der Waals surface area contributed by atoms with Crippen LogP contribution in [0.3, 0.4) is 0 Å². The molecular formula is C17H20FNO4S. The monoisotopic (exact) mass is 353 g/mol. The van der Waals surface area contributed by atoms with E-state index in [1.165, 1.54) is 24.3 Å². The van der Waals surface area contributed by atoms with Crippen LogP contribution in [0.2, 0.25) is 0 Å². The van der Waals surface area contributed by atoms with Crippen LogP contribution in [0.4, 0.5) is 4.39 Å². The standard InChI is InChI=1S/C17H20FNO4S/c1-22-17-5-3-2-4-14(17)10-11-19-24(20,21)13-12-23-16-8-6-15(18)7-9-16/h2-9,19H,10-13H2,1H3. The number of hydrogen-bond acceptors (Lipinski definition) is 4. The van der Waals surface area contributed by atoms with E-state index >= 15 is 0 Å². The first-order chi connectivity index (χ1) is 11.5. The first-order valence-corrected chi connectivity index (χ1v) is 9.13. The first-order valence-electron chi connectivity index (χ1n) is 7.48. The van der Waals surface area contributed by atoms with Crippen molar-refractivity contribution in [2.75, 3.05) is 26.0 Å². The molecule has 0 heterocycles. The molecule has 0 amide bonds. The zero-order valence-corrected chi connectivity index (χ0v) is 14.2. The van der Waals surface area contributed by atoms with E-state index in [0.717, 1.165) is 11.3 Å². The van der Waals surface area contributed by atoms with Gasteiger partial charge in [-0.15, -0.1) is 0 Å². The van der Waals surface area contributed by atoms with Gasteiger partial charge in [-0.3, -0.25) is 0 Å². The van der Waals surface area contributed by atoms with Gasteiger partial charge in [-0.1, -0.05) is 18.2 Å². The molecule has 7 heteroatoms. The zero-order valence-electron chi connectivity index (χ0n) is 13.4. The highest BCUT2D eigenvalue weighted by Gasteiger charge is 2.11. The number of hydrogen-bond donors (Lipinski definition) is 1. The van der Waals surface area contributed by atoms with Gasteiger partial charge in [0.2, 0.25) is 10.0 Å². The van der Waals surface area contributed by atoms with Crippen molar-refractivity contribution in [1.82, 2.24) is 4.72 Å². The van der Waals surface area contributed by atoms with Crippen LogP contribution in [0.5, 0.6) is 11.5 Å². The molecule has 0 aromatic heterocycles. The fourth-order valence-corrected chi connectivity index (χ4v) is 2.98. The number of benzene rings is 2. The van der Waals surface area contributed by atoms with Gasteiger partial charge in [-0.25, -0.2) is 17.5 Å². The summed E-state index contributed by atoms with van der Waals surface area (Å²) in [6.07, 6.45) is 0.530. The molecule has 2 aromatic carbocycles. The van der Waals surface area contributed by atoms with Crippen molar-refractivity contribution in [2.45, 2.75) is 6.42 Å². The van der Waals surface area contributed by atoms with Gasteiger partial charge in [0.1, 0.15) is 23.9 Å². The molecule has 0 fully saturated rings. The molecule has 0 radical (unpaired) electrons. The number of nitrogens with one attached hydrogen (secondary N) is 1. The maximum atomic E-state index is 12.8. The lowest BCUT2D eigenvalue weighted by Gasteiger charge is -2.10. The minimum absolute atomic E-state index is 0.00434. The lowest BCUT2D eigenvalue weighted by Crippen LogP contribution is -2.30. The highest BCUT2D eigenvalue weighted by atomic mass is 32.2. The number of rotatable bonds is 9. The van der Waals surface area contributed by atoms with Crippen LogP contribution in [0.25, 0.3) is 0 Å². The van der Waals surface area contributed by atoms with Gasteiger partial charge in [-0.2, -0.15) is 0 Å². The zero-order chi connectivity index (χ0) is 17.4. The van der Waals surface area contributed by atoms with E-state index in [0.29, 0.717) is 12.2 Å². The van der Waals surface area contributed by atoms with E-state index in [1.54, 1.807) is 7.11 Å². The van der Waals surface area contributed by atoms with Crippen molar-refractivity contribution >= 4 is 10.0 Å². The van der Waals surface area contributed by atoms with Crippen molar-refractivity contribution in [1.29, 1.82) is 0 Å². The lowest BCUT2D eigenvalue weighted by molar-refractivity contribution is 0.339. The molecule has 1 N–H and O–H groups in total. The average molecular weight is 353 g/mol. The molecule has 0 saturated heterocycles. The Bertz CT molecular complexity index is 747. The van der Waals surface area contributed by atoms with Crippen LogP contribution >= 0.6 is 0 Å². The molecule has 24 heavy (non-hydrogen) atoms. The van der Waals surface area contributed by atoms with Crippen molar-refractivity contribution in [2.24, 2.45) is 0 Å². The largest absolute Gasteiger partial charge is 0.496 e. The normalized spacial score (nSPS) is 11.2. The molecule has 0 spiro atoms. The van der Waals surface area contributed by atoms with Gasteiger partial charge in [-0.05, 0) is 42.3 Å². The van der Waals surface area contributed by atoms with E-state index < -0.39 is 10.0 Å². The van der Waals surface area contributed by atoms with Crippen LogP contribution in [-0.4, -0.2) is 34.4 Å². The highest BCUT2D eigenvalue weighted by molar-refractivity contribution is 7.89. The summed E-state index contributed by atoms with van der Waals surface area (Å²) in [7, 11) is -1.86. The maximum Gasteiger partial charge on any atom is 0.214 e. The number of ether oxygens (including phenoxy) is 2. The van der Waals surface area contributed by atoms with Crippen molar-refractivity contribution in [3.8, 4) is 11.5 Å². The molecule has 5 nitrogen and oxygen atoms in total. The van der Waals surface area contributed by atoms with Crippen molar-refractivity contribution < 1.29 is 22.3 Å². The highest BCUT2D eigenvalue weighted by Crippen LogP contribution is 2.17. The summed E-state index contributed by atoms with van der Waals surface area (Å²) < 4.78 is 49.7. The Balaban J connectivity index is 1.76.